The van der Waals surface area contributed by atoms with Crippen LogP contribution < -0.4 is 5.32 Å². The van der Waals surface area contributed by atoms with Crippen molar-refractivity contribution >= 4 is 56.5 Å². The molecule has 2 aromatic carbocycles. The molecule has 3 amide bonds. The van der Waals surface area contributed by atoms with Gasteiger partial charge in [-0.25, -0.2) is 12.7 Å². The van der Waals surface area contributed by atoms with Crippen LogP contribution in [0.25, 0.3) is 6.08 Å². The predicted octanol–water partition coefficient (Wildman–Crippen LogP) is 3.06. The lowest BCUT2D eigenvalue weighted by Crippen LogP contribution is -2.37. The Hall–Kier alpha value is -2.66. The van der Waals surface area contributed by atoms with E-state index >= 15 is 0 Å². The van der Waals surface area contributed by atoms with Crippen LogP contribution in [-0.4, -0.2) is 61.9 Å². The van der Waals surface area contributed by atoms with Crippen molar-refractivity contribution in [1.29, 1.82) is 0 Å². The van der Waals surface area contributed by atoms with Crippen LogP contribution in [0.2, 0.25) is 5.02 Å². The van der Waals surface area contributed by atoms with Crippen molar-refractivity contribution < 1.29 is 22.8 Å². The van der Waals surface area contributed by atoms with Gasteiger partial charge < -0.3 is 5.32 Å². The predicted molar refractivity (Wildman–Crippen MR) is 124 cm³/mol. The van der Waals surface area contributed by atoms with Crippen LogP contribution in [0, 0.1) is 0 Å². The molecule has 11 heteroatoms. The lowest BCUT2D eigenvalue weighted by atomic mass is 10.2. The maximum absolute atomic E-state index is 12.5. The van der Waals surface area contributed by atoms with Crippen LogP contribution in [0.3, 0.4) is 0 Å². The van der Waals surface area contributed by atoms with Gasteiger partial charge in [-0.3, -0.25) is 19.3 Å². The van der Waals surface area contributed by atoms with Crippen LogP contribution >= 0.6 is 23.4 Å². The molecule has 0 atom stereocenters. The van der Waals surface area contributed by atoms with E-state index in [0.29, 0.717) is 4.91 Å². The van der Waals surface area contributed by atoms with Gasteiger partial charge in [0.05, 0.1) is 20.4 Å². The van der Waals surface area contributed by atoms with Gasteiger partial charge in [0.25, 0.3) is 17.1 Å². The Labute approximate surface area is 195 Å². The van der Waals surface area contributed by atoms with E-state index in [2.05, 4.69) is 5.32 Å². The highest BCUT2D eigenvalue weighted by Crippen LogP contribution is 2.31. The van der Waals surface area contributed by atoms with Crippen molar-refractivity contribution in [2.75, 3.05) is 27.2 Å². The molecule has 0 aliphatic carbocycles. The topological polar surface area (TPSA) is 104 Å². The first-order chi connectivity index (χ1) is 15.1. The van der Waals surface area contributed by atoms with Crippen LogP contribution in [0.4, 0.5) is 4.79 Å². The second kappa shape index (κ2) is 9.86. The van der Waals surface area contributed by atoms with Crippen molar-refractivity contribution in [3.05, 3.63) is 69.6 Å². The fourth-order valence-electron chi connectivity index (χ4n) is 2.82. The summed E-state index contributed by atoms with van der Waals surface area (Å²) in [5.74, 6) is -1.05. The number of thioether (sulfide) groups is 1. The van der Waals surface area contributed by atoms with Gasteiger partial charge in [-0.2, -0.15) is 0 Å². The van der Waals surface area contributed by atoms with Crippen molar-refractivity contribution in [3.8, 4) is 0 Å². The minimum absolute atomic E-state index is 0.0174. The van der Waals surface area contributed by atoms with Gasteiger partial charge in [-0.05, 0) is 41.6 Å². The number of amides is 3. The Morgan fingerprint density at radius 1 is 1.16 bits per heavy atom. The summed E-state index contributed by atoms with van der Waals surface area (Å²) in [4.78, 5) is 38.6. The third-order valence-corrected chi connectivity index (χ3v) is 7.60. The number of nitrogens with one attached hydrogen (secondary N) is 1. The van der Waals surface area contributed by atoms with Crippen molar-refractivity contribution in [1.82, 2.24) is 14.5 Å². The molecule has 2 aromatic rings. The second-order valence-corrected chi connectivity index (χ2v) is 10.5. The summed E-state index contributed by atoms with van der Waals surface area (Å²) < 4.78 is 25.6. The summed E-state index contributed by atoms with van der Waals surface area (Å²) in [5, 5.41) is 2.23. The fraction of sp³-hybridized carbons (Fsp3) is 0.190. The second-order valence-electron chi connectivity index (χ2n) is 6.93. The normalized spacial score (nSPS) is 15.6. The van der Waals surface area contributed by atoms with Gasteiger partial charge >= 0.3 is 0 Å². The van der Waals surface area contributed by atoms with E-state index in [1.165, 1.54) is 32.3 Å². The van der Waals surface area contributed by atoms with E-state index < -0.39 is 27.1 Å². The van der Waals surface area contributed by atoms with E-state index in [1.54, 1.807) is 6.08 Å². The molecule has 0 saturated carbocycles. The van der Waals surface area contributed by atoms with Gasteiger partial charge in [0.2, 0.25) is 10.0 Å². The molecule has 8 nitrogen and oxygen atoms in total. The summed E-state index contributed by atoms with van der Waals surface area (Å²) in [7, 11) is -0.979. The smallest absolute Gasteiger partial charge is 0.293 e. The number of carbonyl (C=O) groups excluding carboxylic acids is 3. The molecule has 0 spiro atoms. The van der Waals surface area contributed by atoms with E-state index in [-0.39, 0.29) is 28.6 Å². The largest absolute Gasteiger partial charge is 0.350 e. The number of rotatable bonds is 7. The minimum Gasteiger partial charge on any atom is -0.350 e. The molecule has 0 aromatic heterocycles. The van der Waals surface area contributed by atoms with E-state index in [0.717, 1.165) is 26.5 Å². The first kappa shape index (κ1) is 24.0. The van der Waals surface area contributed by atoms with Gasteiger partial charge in [-0.15, -0.1) is 0 Å². The number of halogens is 1. The maximum Gasteiger partial charge on any atom is 0.293 e. The average Bonchev–Trinajstić information content (AvgIpc) is 3.01. The third kappa shape index (κ3) is 5.21. The summed E-state index contributed by atoms with van der Waals surface area (Å²) in [6, 6.07) is 13.0. The summed E-state index contributed by atoms with van der Waals surface area (Å²) in [5.41, 5.74) is 0.779. The number of hydrogen-bond acceptors (Lipinski definition) is 6. The van der Waals surface area contributed by atoms with E-state index in [4.69, 9.17) is 11.6 Å². The first-order valence-electron chi connectivity index (χ1n) is 9.42. The quantitative estimate of drug-likeness (QED) is 0.594. The molecule has 1 aliphatic heterocycles. The maximum atomic E-state index is 12.5. The lowest BCUT2D eigenvalue weighted by molar-refractivity contribution is -0.122. The van der Waals surface area contributed by atoms with Gasteiger partial charge in [0, 0.05) is 27.2 Å². The Bertz CT molecular complexity index is 1200. The highest BCUT2D eigenvalue weighted by atomic mass is 35.5. The van der Waals surface area contributed by atoms with Gasteiger partial charge in [0.15, 0.2) is 0 Å². The molecular formula is C21H20ClN3O5S2. The highest BCUT2D eigenvalue weighted by Gasteiger charge is 2.34. The van der Waals surface area contributed by atoms with Crippen molar-refractivity contribution in [3.63, 3.8) is 0 Å². The third-order valence-electron chi connectivity index (χ3n) is 4.55. The molecule has 1 fully saturated rings. The molecule has 1 heterocycles. The molecule has 0 radical (unpaired) electrons. The number of benzene rings is 2. The van der Waals surface area contributed by atoms with Crippen LogP contribution in [0.15, 0.2) is 58.3 Å². The molecule has 0 bridgehead atoms. The number of sulfonamides is 1. The molecule has 168 valence electrons. The first-order valence-corrected chi connectivity index (χ1v) is 12.1. The number of nitrogens with zero attached hydrogens (tertiary/aromatic N) is 2. The Balaban J connectivity index is 1.66. The van der Waals surface area contributed by atoms with Crippen LogP contribution in [-0.2, 0) is 14.8 Å². The highest BCUT2D eigenvalue weighted by molar-refractivity contribution is 8.18. The molecular weight excluding hydrogens is 474 g/mol. The Kier molecular flexibility index (Phi) is 7.40. The monoisotopic (exact) mass is 493 g/mol. The summed E-state index contributed by atoms with van der Waals surface area (Å²) in [6.45, 7) is -0.0493. The molecule has 0 unspecified atom stereocenters. The van der Waals surface area contributed by atoms with Crippen LogP contribution in [0.1, 0.15) is 15.9 Å². The molecule has 1 aliphatic rings. The van der Waals surface area contributed by atoms with Crippen molar-refractivity contribution in [2.45, 2.75) is 4.90 Å². The Morgan fingerprint density at radius 2 is 1.84 bits per heavy atom. The molecule has 1 N–H and O–H groups in total. The van der Waals surface area contributed by atoms with Gasteiger partial charge in [0.1, 0.15) is 0 Å². The standard InChI is InChI=1S/C21H20ClN3O5S2/c1-24(2)32(29,30)15-8-9-17(22)16(13-15)19(26)23-10-11-25-20(27)18(31-21(25)28)12-14-6-4-3-5-7-14/h3-9,12-13H,10-11H2,1-2H3,(H,23,26)/b18-12-. The summed E-state index contributed by atoms with van der Waals surface area (Å²) in [6.07, 6.45) is 1.64. The van der Waals surface area contributed by atoms with E-state index in [9.17, 15) is 22.8 Å². The lowest BCUT2D eigenvalue weighted by Gasteiger charge is -2.15. The number of imide groups is 1. The SMILES string of the molecule is CN(C)S(=O)(=O)c1ccc(Cl)c(C(=O)NCCN2C(=O)S/C(=C\c3ccccc3)C2=O)c1. The zero-order chi connectivity index (χ0) is 23.5. The molecule has 1 saturated heterocycles. The number of carbonyl (C=O) groups is 3. The molecule has 32 heavy (non-hydrogen) atoms. The zero-order valence-electron chi connectivity index (χ0n) is 17.2. The average molecular weight is 494 g/mol. The minimum atomic E-state index is -3.74. The fourth-order valence-corrected chi connectivity index (χ4v) is 4.82. The number of hydrogen-bond donors (Lipinski definition) is 1. The van der Waals surface area contributed by atoms with Crippen LogP contribution in [0.5, 0.6) is 0 Å². The summed E-state index contributed by atoms with van der Waals surface area (Å²) >= 11 is 6.91. The molecule has 3 rings (SSSR count). The van der Waals surface area contributed by atoms with Gasteiger partial charge in [-0.1, -0.05) is 41.9 Å². The van der Waals surface area contributed by atoms with E-state index in [1.807, 2.05) is 30.3 Å². The Morgan fingerprint density at radius 3 is 2.50 bits per heavy atom. The van der Waals surface area contributed by atoms with Crippen molar-refractivity contribution in [2.24, 2.45) is 0 Å². The zero-order valence-corrected chi connectivity index (χ0v) is 19.6.